The highest BCUT2D eigenvalue weighted by Crippen LogP contribution is 2.29. The third-order valence-electron chi connectivity index (χ3n) is 5.58. The largest absolute Gasteiger partial charge is 0.445 e. The van der Waals surface area contributed by atoms with Crippen molar-refractivity contribution in [2.24, 2.45) is 5.73 Å². The zero-order valence-electron chi connectivity index (χ0n) is 18.5. The average molecular weight is 456 g/mol. The van der Waals surface area contributed by atoms with Gasteiger partial charge in [-0.3, -0.25) is 9.59 Å². The lowest BCUT2D eigenvalue weighted by Crippen LogP contribution is -2.49. The molecule has 0 bridgehead atoms. The van der Waals surface area contributed by atoms with Gasteiger partial charge >= 0.3 is 6.09 Å². The number of hydrogen-bond donors (Lipinski definition) is 3. The Morgan fingerprint density at radius 1 is 0.824 bits per heavy atom. The van der Waals surface area contributed by atoms with Crippen LogP contribution in [0.15, 0.2) is 84.9 Å². The van der Waals surface area contributed by atoms with Gasteiger partial charge in [0.05, 0.1) is 0 Å². The monoisotopic (exact) mass is 455 g/mol. The molecule has 0 aliphatic rings. The summed E-state index contributed by atoms with van der Waals surface area (Å²) < 4.78 is 5.10. The number of amides is 3. The highest BCUT2D eigenvalue weighted by Gasteiger charge is 2.21. The molecule has 4 aromatic carbocycles. The number of hydrogen-bond acceptors (Lipinski definition) is 4. The van der Waals surface area contributed by atoms with Gasteiger partial charge in [0, 0.05) is 6.42 Å². The lowest BCUT2D eigenvalue weighted by molar-refractivity contribution is -0.126. The van der Waals surface area contributed by atoms with Crippen molar-refractivity contribution >= 4 is 39.5 Å². The number of ether oxygens (including phenoxy) is 1. The number of benzene rings is 4. The van der Waals surface area contributed by atoms with Crippen LogP contribution in [0.5, 0.6) is 0 Å². The van der Waals surface area contributed by atoms with E-state index in [4.69, 9.17) is 10.5 Å². The van der Waals surface area contributed by atoms with Gasteiger partial charge in [-0.25, -0.2) is 4.79 Å². The number of rotatable bonds is 8. The normalized spacial score (nSPS) is 11.6. The molecule has 4 rings (SSSR count). The van der Waals surface area contributed by atoms with Gasteiger partial charge in [-0.1, -0.05) is 78.9 Å². The zero-order chi connectivity index (χ0) is 23.9. The predicted molar refractivity (Wildman–Crippen MR) is 131 cm³/mol. The first kappa shape index (κ1) is 22.8. The fraction of sp³-hybridized carbons (Fsp3) is 0.148. The summed E-state index contributed by atoms with van der Waals surface area (Å²) in [7, 11) is 0. The topological polar surface area (TPSA) is 111 Å². The van der Waals surface area contributed by atoms with Crippen LogP contribution in [-0.2, 0) is 27.4 Å². The van der Waals surface area contributed by atoms with Crippen LogP contribution in [0.1, 0.15) is 11.1 Å². The molecule has 1 atom stereocenters. The van der Waals surface area contributed by atoms with E-state index < -0.39 is 23.9 Å². The Morgan fingerprint density at radius 3 is 2.03 bits per heavy atom. The minimum absolute atomic E-state index is 0.0896. The van der Waals surface area contributed by atoms with Gasteiger partial charge < -0.3 is 21.1 Å². The highest BCUT2D eigenvalue weighted by molar-refractivity contribution is 6.03. The molecule has 0 aromatic heterocycles. The molecule has 172 valence electrons. The van der Waals surface area contributed by atoms with Gasteiger partial charge in [-0.15, -0.1) is 0 Å². The van der Waals surface area contributed by atoms with Crippen molar-refractivity contribution in [2.45, 2.75) is 19.1 Å². The van der Waals surface area contributed by atoms with Crippen LogP contribution in [0.3, 0.4) is 0 Å². The summed E-state index contributed by atoms with van der Waals surface area (Å²) in [5.74, 6) is -1.19. The van der Waals surface area contributed by atoms with Gasteiger partial charge in [0.2, 0.25) is 11.8 Å². The van der Waals surface area contributed by atoms with Crippen molar-refractivity contribution in [3.8, 4) is 0 Å². The molecule has 0 saturated heterocycles. The van der Waals surface area contributed by atoms with Crippen LogP contribution in [-0.4, -0.2) is 30.5 Å². The Kier molecular flexibility index (Phi) is 7.03. The smallest absolute Gasteiger partial charge is 0.407 e. The van der Waals surface area contributed by atoms with Crippen LogP contribution < -0.4 is 16.4 Å². The van der Waals surface area contributed by atoms with Crippen molar-refractivity contribution in [3.63, 3.8) is 0 Å². The standard InChI is InChI=1S/C27H25N3O4/c28-26(32)24(30-25(31)16-29-27(33)34-17-18-8-2-1-3-9-18)15-23-21-12-6-4-10-19(21)14-20-11-5-7-13-22(20)23/h1-14,24H,15-17H2,(H2,28,32)(H,29,33)(H,30,31)/t24-/m0/s1. The molecule has 3 amide bonds. The van der Waals surface area contributed by atoms with E-state index in [1.807, 2.05) is 78.9 Å². The number of alkyl carbamates (subject to hydrolysis) is 1. The van der Waals surface area contributed by atoms with Crippen LogP contribution in [0, 0.1) is 0 Å². The van der Waals surface area contributed by atoms with E-state index in [1.54, 1.807) is 0 Å². The molecule has 4 aromatic rings. The first-order valence-corrected chi connectivity index (χ1v) is 10.9. The van der Waals surface area contributed by atoms with Crippen molar-refractivity contribution in [3.05, 3.63) is 96.1 Å². The fourth-order valence-corrected chi connectivity index (χ4v) is 3.93. The summed E-state index contributed by atoms with van der Waals surface area (Å²) in [6.07, 6.45) is -0.504. The van der Waals surface area contributed by atoms with E-state index in [-0.39, 0.29) is 19.6 Å². The van der Waals surface area contributed by atoms with Crippen LogP contribution in [0.2, 0.25) is 0 Å². The van der Waals surface area contributed by atoms with Gasteiger partial charge in [-0.05, 0) is 38.7 Å². The summed E-state index contributed by atoms with van der Waals surface area (Å²) in [5, 5.41) is 9.09. The maximum Gasteiger partial charge on any atom is 0.407 e. The quantitative estimate of drug-likeness (QED) is 0.354. The minimum atomic E-state index is -0.941. The molecule has 7 heteroatoms. The summed E-state index contributed by atoms with van der Waals surface area (Å²) in [6, 6.07) is 26.1. The molecule has 0 heterocycles. The first-order chi connectivity index (χ1) is 16.5. The average Bonchev–Trinajstić information content (AvgIpc) is 2.86. The number of carbonyl (C=O) groups excluding carboxylic acids is 3. The minimum Gasteiger partial charge on any atom is -0.445 e. The van der Waals surface area contributed by atoms with Crippen molar-refractivity contribution in [2.75, 3.05) is 6.54 Å². The Bertz CT molecular complexity index is 1280. The third kappa shape index (κ3) is 5.50. The molecular formula is C27H25N3O4. The molecule has 0 fully saturated rings. The molecule has 7 nitrogen and oxygen atoms in total. The van der Waals surface area contributed by atoms with Crippen LogP contribution >= 0.6 is 0 Å². The molecule has 0 unspecified atom stereocenters. The fourth-order valence-electron chi connectivity index (χ4n) is 3.93. The van der Waals surface area contributed by atoms with Crippen LogP contribution in [0.4, 0.5) is 4.79 Å². The lowest BCUT2D eigenvalue weighted by atomic mass is 9.92. The zero-order valence-corrected chi connectivity index (χ0v) is 18.5. The van der Waals surface area contributed by atoms with Gasteiger partial charge in [0.15, 0.2) is 0 Å². The van der Waals surface area contributed by atoms with Gasteiger partial charge in [0.25, 0.3) is 0 Å². The van der Waals surface area contributed by atoms with E-state index in [2.05, 4.69) is 16.7 Å². The van der Waals surface area contributed by atoms with E-state index >= 15 is 0 Å². The number of nitrogens with one attached hydrogen (secondary N) is 2. The van der Waals surface area contributed by atoms with E-state index in [9.17, 15) is 14.4 Å². The van der Waals surface area contributed by atoms with E-state index in [1.165, 1.54) is 0 Å². The van der Waals surface area contributed by atoms with Gasteiger partial charge in [0.1, 0.15) is 19.2 Å². The van der Waals surface area contributed by atoms with Crippen LogP contribution in [0.25, 0.3) is 21.5 Å². The first-order valence-electron chi connectivity index (χ1n) is 10.9. The number of fused-ring (bicyclic) bond motifs is 2. The second-order valence-corrected chi connectivity index (χ2v) is 7.94. The highest BCUT2D eigenvalue weighted by atomic mass is 16.5. The molecule has 0 spiro atoms. The molecule has 0 aliphatic carbocycles. The maximum atomic E-state index is 12.5. The summed E-state index contributed by atoms with van der Waals surface area (Å²) >= 11 is 0. The lowest BCUT2D eigenvalue weighted by Gasteiger charge is -2.19. The second-order valence-electron chi connectivity index (χ2n) is 7.94. The Morgan fingerprint density at radius 2 is 1.41 bits per heavy atom. The van der Waals surface area contributed by atoms with Crippen molar-refractivity contribution in [1.82, 2.24) is 10.6 Å². The predicted octanol–water partition coefficient (Wildman–Crippen LogP) is 3.43. The summed E-state index contributed by atoms with van der Waals surface area (Å²) in [6.45, 7) is -0.250. The third-order valence-corrected chi connectivity index (χ3v) is 5.58. The molecular weight excluding hydrogens is 430 g/mol. The molecule has 0 aliphatic heterocycles. The molecule has 0 radical (unpaired) electrons. The molecule has 0 saturated carbocycles. The Balaban J connectivity index is 1.43. The second kappa shape index (κ2) is 10.5. The van der Waals surface area contributed by atoms with E-state index in [0.717, 1.165) is 32.7 Å². The number of primary amides is 1. The summed E-state index contributed by atoms with van der Waals surface area (Å²) in [4.78, 5) is 36.6. The number of carbonyl (C=O) groups is 3. The Labute approximate surface area is 196 Å². The molecule has 34 heavy (non-hydrogen) atoms. The number of nitrogens with two attached hydrogens (primary N) is 1. The molecule has 4 N–H and O–H groups in total. The Hall–Kier alpha value is -4.39. The van der Waals surface area contributed by atoms with Crippen molar-refractivity contribution in [1.29, 1.82) is 0 Å². The maximum absolute atomic E-state index is 12.5. The SMILES string of the molecule is NC(=O)[C@H](Cc1c2ccccc2cc2ccccc12)NC(=O)CNC(=O)OCc1ccccc1. The van der Waals surface area contributed by atoms with Gasteiger partial charge in [-0.2, -0.15) is 0 Å². The van der Waals surface area contributed by atoms with E-state index in [0.29, 0.717) is 0 Å². The van der Waals surface area contributed by atoms with Crippen molar-refractivity contribution < 1.29 is 19.1 Å². The summed E-state index contributed by atoms with van der Waals surface area (Å²) in [5.41, 5.74) is 7.38.